The molecule has 28 heavy (non-hydrogen) atoms. The Morgan fingerprint density at radius 1 is 0.964 bits per heavy atom. The average Bonchev–Trinajstić information content (AvgIpc) is 2.73. The van der Waals surface area contributed by atoms with Gasteiger partial charge in [0.1, 0.15) is 29.9 Å². The lowest BCUT2D eigenvalue weighted by atomic mass is 10.2. The Hall–Kier alpha value is -3.78. The van der Waals surface area contributed by atoms with Crippen LogP contribution in [0.4, 0.5) is 0 Å². The fourth-order valence-electron chi connectivity index (χ4n) is 2.49. The first-order chi connectivity index (χ1) is 13.6. The quantitative estimate of drug-likeness (QED) is 0.652. The first-order valence-corrected chi connectivity index (χ1v) is 8.89. The highest BCUT2D eigenvalue weighted by atomic mass is 16.5. The van der Waals surface area contributed by atoms with Crippen LogP contribution in [0.2, 0.25) is 0 Å². The van der Waals surface area contributed by atoms with Crippen LogP contribution < -0.4 is 14.8 Å². The third-order valence-electron chi connectivity index (χ3n) is 3.95. The van der Waals surface area contributed by atoms with Gasteiger partial charge in [-0.2, -0.15) is 5.26 Å². The number of carbonyl (C=O) groups is 1. The maximum atomic E-state index is 12.0. The second kappa shape index (κ2) is 9.24. The van der Waals surface area contributed by atoms with Gasteiger partial charge in [-0.15, -0.1) is 0 Å². The lowest BCUT2D eigenvalue weighted by Crippen LogP contribution is -2.31. The molecule has 3 aromatic rings. The summed E-state index contributed by atoms with van der Waals surface area (Å²) >= 11 is 0. The van der Waals surface area contributed by atoms with Crippen molar-refractivity contribution in [1.29, 1.82) is 5.26 Å². The van der Waals surface area contributed by atoms with Crippen molar-refractivity contribution in [2.45, 2.75) is 19.6 Å². The topological polar surface area (TPSA) is 71.4 Å². The molecule has 0 spiro atoms. The van der Waals surface area contributed by atoms with E-state index in [1.54, 1.807) is 31.2 Å². The van der Waals surface area contributed by atoms with E-state index >= 15 is 0 Å². The van der Waals surface area contributed by atoms with Gasteiger partial charge in [-0.05, 0) is 48.9 Å². The Balaban J connectivity index is 1.61. The number of nitriles is 1. The summed E-state index contributed by atoms with van der Waals surface area (Å²) in [7, 11) is 0. The number of hydrogen-bond acceptors (Lipinski definition) is 4. The molecule has 0 fully saturated rings. The minimum Gasteiger partial charge on any atom is -0.489 e. The highest BCUT2D eigenvalue weighted by molar-refractivity contribution is 5.94. The van der Waals surface area contributed by atoms with Gasteiger partial charge in [0.25, 0.3) is 5.91 Å². The number of rotatable bonds is 7. The second-order valence-electron chi connectivity index (χ2n) is 6.20. The number of carbonyl (C=O) groups excluding carboxylic acids is 1. The minimum absolute atomic E-state index is 0.295. The lowest BCUT2D eigenvalue weighted by molar-refractivity contribution is 0.0948. The van der Waals surface area contributed by atoms with Gasteiger partial charge in [-0.3, -0.25) is 4.79 Å². The smallest absolute Gasteiger partial charge is 0.252 e. The monoisotopic (exact) mass is 372 g/mol. The van der Waals surface area contributed by atoms with Gasteiger partial charge in [0.15, 0.2) is 0 Å². The highest BCUT2D eigenvalue weighted by Crippen LogP contribution is 2.26. The summed E-state index contributed by atoms with van der Waals surface area (Å²) in [5.41, 5.74) is 1.56. The zero-order valence-electron chi connectivity index (χ0n) is 15.5. The maximum Gasteiger partial charge on any atom is 0.252 e. The van der Waals surface area contributed by atoms with Crippen molar-refractivity contribution in [3.63, 3.8) is 0 Å². The predicted octanol–water partition coefficient (Wildman–Crippen LogP) is 4.70. The summed E-state index contributed by atoms with van der Waals surface area (Å²) in [6.45, 7) is 2.11. The van der Waals surface area contributed by atoms with Gasteiger partial charge in [0.05, 0.1) is 6.07 Å². The molecule has 0 radical (unpaired) electrons. The van der Waals surface area contributed by atoms with Gasteiger partial charge in [0, 0.05) is 11.6 Å². The molecule has 0 aromatic heterocycles. The molecule has 5 nitrogen and oxygen atoms in total. The standard InChI is InChI=1S/C23H20N2O3/c1-17(15-24)25-23(26)19-10-12-20(13-11-19)28-22-9-5-8-21(14-22)27-16-18-6-3-2-4-7-18/h2-14,17H,16H2,1H3,(H,25,26). The van der Waals surface area contributed by atoms with E-state index in [1.165, 1.54) is 0 Å². The lowest BCUT2D eigenvalue weighted by Gasteiger charge is -2.10. The van der Waals surface area contributed by atoms with E-state index in [0.717, 1.165) is 5.56 Å². The van der Waals surface area contributed by atoms with E-state index in [-0.39, 0.29) is 5.91 Å². The molecule has 3 rings (SSSR count). The van der Waals surface area contributed by atoms with Crippen molar-refractivity contribution >= 4 is 5.91 Å². The fraction of sp³-hybridized carbons (Fsp3) is 0.130. The SMILES string of the molecule is CC(C#N)NC(=O)c1ccc(Oc2cccc(OCc3ccccc3)c2)cc1. The van der Waals surface area contributed by atoms with E-state index < -0.39 is 6.04 Å². The van der Waals surface area contributed by atoms with E-state index in [1.807, 2.05) is 60.7 Å². The zero-order chi connectivity index (χ0) is 19.8. The second-order valence-corrected chi connectivity index (χ2v) is 6.20. The number of nitrogens with one attached hydrogen (secondary N) is 1. The molecule has 0 aliphatic rings. The van der Waals surface area contributed by atoms with Crippen molar-refractivity contribution in [2.24, 2.45) is 0 Å². The molecule has 0 bridgehead atoms. The first-order valence-electron chi connectivity index (χ1n) is 8.89. The summed E-state index contributed by atoms with van der Waals surface area (Å²) in [6, 6.07) is 25.5. The number of benzene rings is 3. The van der Waals surface area contributed by atoms with Gasteiger partial charge >= 0.3 is 0 Å². The summed E-state index contributed by atoms with van der Waals surface area (Å²) < 4.78 is 11.7. The molecule has 1 amide bonds. The molecule has 0 saturated carbocycles. The molecule has 1 unspecified atom stereocenters. The summed E-state index contributed by atoms with van der Waals surface area (Å²) in [5, 5.41) is 11.4. The Morgan fingerprint density at radius 2 is 1.68 bits per heavy atom. The summed E-state index contributed by atoms with van der Waals surface area (Å²) in [4.78, 5) is 12.0. The van der Waals surface area contributed by atoms with Crippen LogP contribution in [0.3, 0.4) is 0 Å². The average molecular weight is 372 g/mol. The van der Waals surface area contributed by atoms with Gasteiger partial charge in [0.2, 0.25) is 0 Å². The van der Waals surface area contributed by atoms with Crippen molar-refractivity contribution in [3.05, 3.63) is 90.0 Å². The van der Waals surface area contributed by atoms with Crippen molar-refractivity contribution in [1.82, 2.24) is 5.32 Å². The van der Waals surface area contributed by atoms with E-state index in [4.69, 9.17) is 14.7 Å². The van der Waals surface area contributed by atoms with E-state index in [0.29, 0.717) is 29.4 Å². The number of hydrogen-bond donors (Lipinski definition) is 1. The molecule has 140 valence electrons. The Labute approximate surface area is 164 Å². The molecule has 0 aliphatic carbocycles. The van der Waals surface area contributed by atoms with E-state index in [2.05, 4.69) is 5.32 Å². The molecule has 3 aromatic carbocycles. The van der Waals surface area contributed by atoms with Crippen LogP contribution in [-0.4, -0.2) is 11.9 Å². The predicted molar refractivity (Wildman–Crippen MR) is 106 cm³/mol. The van der Waals surface area contributed by atoms with Gasteiger partial charge in [-0.1, -0.05) is 36.4 Å². The van der Waals surface area contributed by atoms with Crippen LogP contribution in [0.5, 0.6) is 17.2 Å². The molecule has 1 N–H and O–H groups in total. The van der Waals surface area contributed by atoms with Crippen LogP contribution in [0.15, 0.2) is 78.9 Å². The Kier molecular flexibility index (Phi) is 6.27. The van der Waals surface area contributed by atoms with Crippen LogP contribution in [0.1, 0.15) is 22.8 Å². The maximum absolute atomic E-state index is 12.0. The highest BCUT2D eigenvalue weighted by Gasteiger charge is 2.09. The third kappa shape index (κ3) is 5.36. The van der Waals surface area contributed by atoms with Crippen LogP contribution in [0, 0.1) is 11.3 Å². The Bertz CT molecular complexity index is 963. The molecular formula is C23H20N2O3. The largest absolute Gasteiger partial charge is 0.489 e. The van der Waals surface area contributed by atoms with Crippen molar-refractivity contribution in [2.75, 3.05) is 0 Å². The molecule has 0 heterocycles. The van der Waals surface area contributed by atoms with Crippen LogP contribution in [0.25, 0.3) is 0 Å². The molecule has 5 heteroatoms. The molecule has 1 atom stereocenters. The molecular weight excluding hydrogens is 352 g/mol. The normalized spacial score (nSPS) is 11.1. The number of ether oxygens (including phenoxy) is 2. The Morgan fingerprint density at radius 3 is 2.39 bits per heavy atom. The summed E-state index contributed by atoms with van der Waals surface area (Å²) in [5.74, 6) is 1.66. The summed E-state index contributed by atoms with van der Waals surface area (Å²) in [6.07, 6.45) is 0. The fourth-order valence-corrected chi connectivity index (χ4v) is 2.49. The molecule has 0 aliphatic heterocycles. The molecule has 0 saturated heterocycles. The van der Waals surface area contributed by atoms with E-state index in [9.17, 15) is 4.79 Å². The first kappa shape index (κ1) is 19.0. The third-order valence-corrected chi connectivity index (χ3v) is 3.95. The van der Waals surface area contributed by atoms with Gasteiger partial charge < -0.3 is 14.8 Å². The van der Waals surface area contributed by atoms with Gasteiger partial charge in [-0.25, -0.2) is 0 Å². The van der Waals surface area contributed by atoms with Crippen LogP contribution in [-0.2, 0) is 6.61 Å². The minimum atomic E-state index is -0.540. The number of amides is 1. The van der Waals surface area contributed by atoms with Crippen molar-refractivity contribution in [3.8, 4) is 23.3 Å². The van der Waals surface area contributed by atoms with Crippen molar-refractivity contribution < 1.29 is 14.3 Å². The van der Waals surface area contributed by atoms with Crippen LogP contribution >= 0.6 is 0 Å². The zero-order valence-corrected chi connectivity index (χ0v) is 15.5. The number of nitrogens with zero attached hydrogens (tertiary/aromatic N) is 1.